The van der Waals surface area contributed by atoms with Crippen LogP contribution >= 0.6 is 68.0 Å². The van der Waals surface area contributed by atoms with Crippen molar-refractivity contribution < 1.29 is 19.8 Å². The zero-order chi connectivity index (χ0) is 26.4. The molecular weight excluding hydrogens is 593 g/mol. The van der Waals surface area contributed by atoms with E-state index in [1.165, 1.54) is 52.6 Å². The maximum absolute atomic E-state index is 11.6. The average Bonchev–Trinajstić information content (AvgIpc) is 3.69. The molecule has 2 N–H and O–H groups in total. The number of carbonyl (C=O) groups is 2. The van der Waals surface area contributed by atoms with Crippen LogP contribution in [-0.4, -0.2) is 22.2 Å². The standard InChI is InChI=1S/C28H18O4S6/c1-14-11-23(16-3-2-10-33-16)37-26(14)20-7-4-17(34-20)18-5-8-21(35-18)27-15(13-25(29)30)12-24(38-27)19-6-9-22(36-19)28(31)32/h2-12H,13H2,1H3,(H,29,30)(H,31,32). The Hall–Kier alpha value is -2.86. The van der Waals surface area contributed by atoms with Crippen LogP contribution in [0.1, 0.15) is 20.8 Å². The van der Waals surface area contributed by atoms with Gasteiger partial charge in [-0.2, -0.15) is 0 Å². The van der Waals surface area contributed by atoms with Crippen LogP contribution in [-0.2, 0) is 11.2 Å². The molecule has 0 amide bonds. The summed E-state index contributed by atoms with van der Waals surface area (Å²) in [5, 5.41) is 20.9. The molecule has 6 aromatic rings. The number of carboxylic acids is 2. The molecule has 10 heteroatoms. The van der Waals surface area contributed by atoms with Crippen molar-refractivity contribution in [1.29, 1.82) is 0 Å². The summed E-state index contributed by atoms with van der Waals surface area (Å²) in [7, 11) is 0. The van der Waals surface area contributed by atoms with E-state index in [9.17, 15) is 19.8 Å². The molecule has 6 aromatic heterocycles. The van der Waals surface area contributed by atoms with Crippen LogP contribution in [0, 0.1) is 6.92 Å². The van der Waals surface area contributed by atoms with Crippen molar-refractivity contribution in [3.05, 3.63) is 82.0 Å². The average molecular weight is 611 g/mol. The molecule has 4 nitrogen and oxygen atoms in total. The van der Waals surface area contributed by atoms with Crippen LogP contribution < -0.4 is 0 Å². The second-order valence-electron chi connectivity index (χ2n) is 8.43. The molecule has 6 rings (SSSR count). The molecule has 0 fully saturated rings. The van der Waals surface area contributed by atoms with Crippen molar-refractivity contribution in [3.8, 4) is 48.8 Å². The number of hydrogen-bond acceptors (Lipinski definition) is 8. The highest BCUT2D eigenvalue weighted by Crippen LogP contribution is 2.47. The molecule has 0 aromatic carbocycles. The van der Waals surface area contributed by atoms with Gasteiger partial charge in [-0.3, -0.25) is 4.79 Å². The molecule has 0 saturated carbocycles. The van der Waals surface area contributed by atoms with E-state index in [1.54, 1.807) is 46.1 Å². The number of carboxylic acid groups (broad SMARTS) is 2. The highest BCUT2D eigenvalue weighted by atomic mass is 32.1. The lowest BCUT2D eigenvalue weighted by atomic mass is 10.1. The van der Waals surface area contributed by atoms with Gasteiger partial charge in [0.15, 0.2) is 0 Å². The summed E-state index contributed by atoms with van der Waals surface area (Å²) in [4.78, 5) is 34.3. The summed E-state index contributed by atoms with van der Waals surface area (Å²) in [5.74, 6) is -1.84. The number of rotatable bonds is 8. The van der Waals surface area contributed by atoms with Gasteiger partial charge >= 0.3 is 11.9 Å². The zero-order valence-corrected chi connectivity index (χ0v) is 24.6. The van der Waals surface area contributed by atoms with E-state index in [-0.39, 0.29) is 11.3 Å². The predicted octanol–water partition coefficient (Wildman–Crippen LogP) is 10.0. The smallest absolute Gasteiger partial charge is 0.345 e. The first-order valence-electron chi connectivity index (χ1n) is 11.4. The van der Waals surface area contributed by atoms with E-state index < -0.39 is 11.9 Å². The molecule has 0 unspecified atom stereocenters. The molecule has 190 valence electrons. The first-order valence-corrected chi connectivity index (χ1v) is 16.3. The van der Waals surface area contributed by atoms with Crippen molar-refractivity contribution in [2.75, 3.05) is 0 Å². The van der Waals surface area contributed by atoms with Crippen molar-refractivity contribution in [2.24, 2.45) is 0 Å². The van der Waals surface area contributed by atoms with E-state index >= 15 is 0 Å². The quantitative estimate of drug-likeness (QED) is 0.180. The Bertz CT molecular complexity index is 1770. The molecule has 0 bridgehead atoms. The predicted molar refractivity (Wildman–Crippen MR) is 164 cm³/mol. The van der Waals surface area contributed by atoms with Crippen molar-refractivity contribution in [1.82, 2.24) is 0 Å². The topological polar surface area (TPSA) is 74.6 Å². The summed E-state index contributed by atoms with van der Waals surface area (Å²) in [6, 6.07) is 20.3. The molecule has 0 aliphatic rings. The van der Waals surface area contributed by atoms with E-state index in [2.05, 4.69) is 54.8 Å². The summed E-state index contributed by atoms with van der Waals surface area (Å²) in [5.41, 5.74) is 2.03. The van der Waals surface area contributed by atoms with Crippen molar-refractivity contribution in [3.63, 3.8) is 0 Å². The summed E-state index contributed by atoms with van der Waals surface area (Å²) >= 11 is 9.74. The van der Waals surface area contributed by atoms with Crippen LogP contribution in [0.2, 0.25) is 0 Å². The molecule has 0 saturated heterocycles. The van der Waals surface area contributed by atoms with Crippen LogP contribution in [0.25, 0.3) is 48.8 Å². The lowest BCUT2D eigenvalue weighted by molar-refractivity contribution is -0.136. The molecule has 0 aliphatic carbocycles. The van der Waals surface area contributed by atoms with Gasteiger partial charge in [0.2, 0.25) is 0 Å². The Morgan fingerprint density at radius 1 is 0.658 bits per heavy atom. The zero-order valence-electron chi connectivity index (χ0n) is 19.7. The fourth-order valence-corrected chi connectivity index (χ4v) is 10.6. The number of hydrogen-bond donors (Lipinski definition) is 2. The lowest BCUT2D eigenvalue weighted by Gasteiger charge is -1.98. The first-order chi connectivity index (χ1) is 18.4. The molecular formula is C28H18O4S6. The molecule has 0 atom stereocenters. The largest absolute Gasteiger partial charge is 0.481 e. The number of aryl methyl sites for hydroxylation is 1. The molecule has 0 spiro atoms. The summed E-state index contributed by atoms with van der Waals surface area (Å²) in [6.45, 7) is 2.16. The SMILES string of the molecule is Cc1cc(-c2cccs2)sc1-c1ccc(-c2ccc(-c3sc(-c4ccc(C(=O)O)s4)cc3CC(=O)O)s2)s1. The Balaban J connectivity index is 1.31. The molecule has 6 heterocycles. The van der Waals surface area contributed by atoms with Gasteiger partial charge in [-0.05, 0) is 78.0 Å². The number of thiophene rings is 6. The second-order valence-corrected chi connectivity index (χ2v) is 14.7. The summed E-state index contributed by atoms with van der Waals surface area (Å²) < 4.78 is 0. The van der Waals surface area contributed by atoms with Gasteiger partial charge in [0.05, 0.1) is 6.42 Å². The lowest BCUT2D eigenvalue weighted by Crippen LogP contribution is -1.99. The third-order valence-corrected chi connectivity index (χ3v) is 13.3. The fourth-order valence-electron chi connectivity index (χ4n) is 4.09. The minimum absolute atomic E-state index is 0.0798. The van der Waals surface area contributed by atoms with Gasteiger partial charge in [0.1, 0.15) is 4.88 Å². The van der Waals surface area contributed by atoms with Gasteiger partial charge in [-0.1, -0.05) is 6.07 Å². The highest BCUT2D eigenvalue weighted by molar-refractivity contribution is 7.30. The first kappa shape index (κ1) is 25.4. The number of aliphatic carboxylic acids is 1. The van der Waals surface area contributed by atoms with E-state index in [1.807, 2.05) is 17.4 Å². The normalized spacial score (nSPS) is 11.3. The Morgan fingerprint density at radius 2 is 1.26 bits per heavy atom. The minimum Gasteiger partial charge on any atom is -0.481 e. The van der Waals surface area contributed by atoms with E-state index in [0.29, 0.717) is 0 Å². The maximum atomic E-state index is 11.6. The summed E-state index contributed by atoms with van der Waals surface area (Å²) in [6.07, 6.45) is -0.0798. The third-order valence-electron chi connectivity index (χ3n) is 5.79. The Kier molecular flexibility index (Phi) is 6.93. The maximum Gasteiger partial charge on any atom is 0.345 e. The third kappa shape index (κ3) is 4.95. The van der Waals surface area contributed by atoms with Crippen LogP contribution in [0.15, 0.2) is 66.0 Å². The van der Waals surface area contributed by atoms with Gasteiger partial charge in [-0.25, -0.2) is 4.79 Å². The molecule has 0 aliphatic heterocycles. The highest BCUT2D eigenvalue weighted by Gasteiger charge is 2.19. The Morgan fingerprint density at radius 3 is 1.89 bits per heavy atom. The van der Waals surface area contributed by atoms with Gasteiger partial charge in [-0.15, -0.1) is 68.0 Å². The van der Waals surface area contributed by atoms with Gasteiger partial charge < -0.3 is 10.2 Å². The van der Waals surface area contributed by atoms with Crippen molar-refractivity contribution >= 4 is 80.0 Å². The van der Waals surface area contributed by atoms with Gasteiger partial charge in [0, 0.05) is 48.8 Å². The van der Waals surface area contributed by atoms with Crippen LogP contribution in [0.4, 0.5) is 0 Å². The van der Waals surface area contributed by atoms with E-state index in [4.69, 9.17) is 0 Å². The molecule has 0 radical (unpaired) electrons. The van der Waals surface area contributed by atoms with Crippen LogP contribution in [0.5, 0.6) is 0 Å². The van der Waals surface area contributed by atoms with Crippen LogP contribution in [0.3, 0.4) is 0 Å². The Labute approximate surface area is 242 Å². The second kappa shape index (κ2) is 10.4. The monoisotopic (exact) mass is 610 g/mol. The minimum atomic E-state index is -0.956. The van der Waals surface area contributed by atoms with E-state index in [0.717, 1.165) is 29.9 Å². The fraction of sp³-hybridized carbons (Fsp3) is 0.0714. The number of aromatic carboxylic acids is 1. The molecule has 38 heavy (non-hydrogen) atoms. The van der Waals surface area contributed by atoms with Crippen molar-refractivity contribution in [2.45, 2.75) is 13.3 Å². The van der Waals surface area contributed by atoms with Gasteiger partial charge in [0.25, 0.3) is 0 Å².